The minimum atomic E-state index is -0.0457. The van der Waals surface area contributed by atoms with Gasteiger partial charge in [0.1, 0.15) is 11.6 Å². The number of amides is 1. The van der Waals surface area contributed by atoms with Crippen LogP contribution in [0.2, 0.25) is 0 Å². The summed E-state index contributed by atoms with van der Waals surface area (Å²) in [6, 6.07) is 7.87. The monoisotopic (exact) mass is 382 g/mol. The van der Waals surface area contributed by atoms with Crippen molar-refractivity contribution in [2.24, 2.45) is 5.92 Å². The Balaban J connectivity index is 1.49. The van der Waals surface area contributed by atoms with E-state index in [1.807, 2.05) is 28.5 Å². The van der Waals surface area contributed by atoms with Crippen molar-refractivity contribution in [2.75, 3.05) is 18.0 Å². The van der Waals surface area contributed by atoms with E-state index in [2.05, 4.69) is 20.9 Å². The molecule has 0 N–H and O–H groups in total. The molecule has 3 aromatic rings. The van der Waals surface area contributed by atoms with Gasteiger partial charge in [-0.05, 0) is 36.4 Å². The Hall–Kier alpha value is -2.67. The van der Waals surface area contributed by atoms with Crippen LogP contribution in [-0.2, 0) is 17.9 Å². The number of piperidine rings is 1. The third-order valence-corrected chi connectivity index (χ3v) is 5.67. The van der Waals surface area contributed by atoms with E-state index in [9.17, 15) is 4.79 Å². The second-order valence-electron chi connectivity index (χ2n) is 6.70. The van der Waals surface area contributed by atoms with Gasteiger partial charge < -0.3 is 14.2 Å². The molecule has 0 aromatic carbocycles. The average molecular weight is 382 g/mol. The first-order chi connectivity index (χ1) is 13.3. The first-order valence-electron chi connectivity index (χ1n) is 9.14. The van der Waals surface area contributed by atoms with Crippen molar-refractivity contribution in [1.82, 2.24) is 14.9 Å². The van der Waals surface area contributed by atoms with E-state index < -0.39 is 0 Å². The van der Waals surface area contributed by atoms with Gasteiger partial charge in [0, 0.05) is 30.4 Å². The Morgan fingerprint density at radius 1 is 1.30 bits per heavy atom. The van der Waals surface area contributed by atoms with E-state index in [0.717, 1.165) is 31.0 Å². The highest BCUT2D eigenvalue weighted by Crippen LogP contribution is 2.25. The first-order valence-corrected chi connectivity index (χ1v) is 10.0. The van der Waals surface area contributed by atoms with Crippen LogP contribution in [0.5, 0.6) is 0 Å². The van der Waals surface area contributed by atoms with E-state index in [1.54, 1.807) is 36.2 Å². The Bertz CT molecular complexity index is 800. The molecule has 4 rings (SSSR count). The summed E-state index contributed by atoms with van der Waals surface area (Å²) in [4.78, 5) is 27.1. The van der Waals surface area contributed by atoms with E-state index >= 15 is 0 Å². The van der Waals surface area contributed by atoms with Crippen LogP contribution in [0.4, 0.5) is 5.82 Å². The molecule has 1 amide bonds. The van der Waals surface area contributed by atoms with Crippen LogP contribution in [0.15, 0.2) is 58.9 Å². The second kappa shape index (κ2) is 8.35. The maximum Gasteiger partial charge on any atom is 0.228 e. The summed E-state index contributed by atoms with van der Waals surface area (Å²) >= 11 is 1.67. The number of aromatic nitrogens is 2. The average Bonchev–Trinajstić information content (AvgIpc) is 3.42. The van der Waals surface area contributed by atoms with E-state index in [4.69, 9.17) is 4.42 Å². The molecule has 4 heterocycles. The maximum absolute atomic E-state index is 13.4. The number of carbonyl (C=O) groups is 1. The molecular weight excluding hydrogens is 360 g/mol. The molecule has 1 saturated heterocycles. The summed E-state index contributed by atoms with van der Waals surface area (Å²) < 4.78 is 5.49. The molecule has 6 nitrogen and oxygen atoms in total. The summed E-state index contributed by atoms with van der Waals surface area (Å²) in [5.74, 6) is 1.77. The molecule has 140 valence electrons. The predicted octanol–water partition coefficient (Wildman–Crippen LogP) is 3.58. The van der Waals surface area contributed by atoms with Crippen molar-refractivity contribution in [3.8, 4) is 0 Å². The van der Waals surface area contributed by atoms with Gasteiger partial charge in [0.25, 0.3) is 0 Å². The van der Waals surface area contributed by atoms with Gasteiger partial charge in [0.2, 0.25) is 5.91 Å². The molecule has 27 heavy (non-hydrogen) atoms. The van der Waals surface area contributed by atoms with Crippen molar-refractivity contribution < 1.29 is 9.21 Å². The highest BCUT2D eigenvalue weighted by Gasteiger charge is 2.30. The van der Waals surface area contributed by atoms with Crippen LogP contribution < -0.4 is 4.90 Å². The minimum absolute atomic E-state index is 0.0457. The van der Waals surface area contributed by atoms with E-state index in [0.29, 0.717) is 19.6 Å². The first kappa shape index (κ1) is 17.7. The fourth-order valence-corrected chi connectivity index (χ4v) is 4.21. The number of carbonyl (C=O) groups excluding carboxylic acids is 1. The van der Waals surface area contributed by atoms with Crippen LogP contribution in [0.1, 0.15) is 23.5 Å². The summed E-state index contributed by atoms with van der Waals surface area (Å²) in [6.45, 7) is 2.69. The Kier molecular flexibility index (Phi) is 5.48. The Morgan fingerprint density at radius 2 is 2.26 bits per heavy atom. The van der Waals surface area contributed by atoms with Gasteiger partial charge in [0.15, 0.2) is 0 Å². The molecule has 0 saturated carbocycles. The Labute approximate surface area is 162 Å². The molecule has 1 unspecified atom stereocenters. The molecular formula is C20H22N4O2S. The molecule has 3 aromatic heterocycles. The highest BCUT2D eigenvalue weighted by atomic mass is 32.1. The normalized spacial score (nSPS) is 17.0. The topological polar surface area (TPSA) is 62.5 Å². The largest absolute Gasteiger partial charge is 0.467 e. The van der Waals surface area contributed by atoms with Gasteiger partial charge >= 0.3 is 0 Å². The number of nitrogens with zero attached hydrogens (tertiary/aromatic N) is 4. The lowest BCUT2D eigenvalue weighted by molar-refractivity contribution is -0.137. The molecule has 0 radical (unpaired) electrons. The zero-order valence-electron chi connectivity index (χ0n) is 15.0. The van der Waals surface area contributed by atoms with Gasteiger partial charge in [-0.1, -0.05) is 6.07 Å². The molecule has 0 spiro atoms. The standard InChI is InChI=1S/C20H22N4O2S/c25-20(16-4-1-9-23(13-16)19-12-21-7-8-22-19)24(14-17-5-2-10-26-17)15-18-6-3-11-27-18/h2-3,5-8,10-12,16H,1,4,9,13-15H2. The van der Waals surface area contributed by atoms with Crippen molar-refractivity contribution in [1.29, 1.82) is 0 Å². The quantitative estimate of drug-likeness (QED) is 0.652. The summed E-state index contributed by atoms with van der Waals surface area (Å²) in [7, 11) is 0. The SMILES string of the molecule is O=C(C1CCCN(c2cnccn2)C1)N(Cc1ccco1)Cc1cccs1. The number of furan rings is 1. The fraction of sp³-hybridized carbons (Fsp3) is 0.350. The maximum atomic E-state index is 13.4. The van der Waals surface area contributed by atoms with Crippen molar-refractivity contribution in [3.63, 3.8) is 0 Å². The third-order valence-electron chi connectivity index (χ3n) is 4.81. The van der Waals surface area contributed by atoms with Crippen molar-refractivity contribution in [3.05, 3.63) is 65.1 Å². The van der Waals surface area contributed by atoms with Crippen LogP contribution in [0, 0.1) is 5.92 Å². The van der Waals surface area contributed by atoms with E-state index in [-0.39, 0.29) is 11.8 Å². The summed E-state index contributed by atoms with van der Waals surface area (Å²) in [5.41, 5.74) is 0. The number of anilines is 1. The highest BCUT2D eigenvalue weighted by molar-refractivity contribution is 7.09. The molecule has 0 bridgehead atoms. The van der Waals surface area contributed by atoms with Gasteiger partial charge in [-0.2, -0.15) is 0 Å². The van der Waals surface area contributed by atoms with Crippen LogP contribution in [-0.4, -0.2) is 33.9 Å². The van der Waals surface area contributed by atoms with Gasteiger partial charge in [-0.25, -0.2) is 4.98 Å². The third kappa shape index (κ3) is 4.36. The minimum Gasteiger partial charge on any atom is -0.467 e. The Morgan fingerprint density at radius 3 is 3.00 bits per heavy atom. The van der Waals surface area contributed by atoms with Crippen molar-refractivity contribution >= 4 is 23.1 Å². The van der Waals surface area contributed by atoms with Crippen molar-refractivity contribution in [2.45, 2.75) is 25.9 Å². The fourth-order valence-electron chi connectivity index (χ4n) is 3.49. The number of hydrogen-bond donors (Lipinski definition) is 0. The van der Waals surface area contributed by atoms with Gasteiger partial charge in [0.05, 0.1) is 31.5 Å². The zero-order valence-corrected chi connectivity index (χ0v) is 15.8. The number of hydrogen-bond acceptors (Lipinski definition) is 6. The predicted molar refractivity (Wildman–Crippen MR) is 104 cm³/mol. The molecule has 1 aliphatic rings. The molecule has 0 aliphatic carbocycles. The number of thiophene rings is 1. The molecule has 7 heteroatoms. The molecule has 1 fully saturated rings. The lowest BCUT2D eigenvalue weighted by Crippen LogP contribution is -2.44. The molecule has 1 atom stereocenters. The molecule has 1 aliphatic heterocycles. The second-order valence-corrected chi connectivity index (χ2v) is 7.73. The lowest BCUT2D eigenvalue weighted by Gasteiger charge is -2.35. The van der Waals surface area contributed by atoms with Crippen LogP contribution in [0.25, 0.3) is 0 Å². The smallest absolute Gasteiger partial charge is 0.228 e. The zero-order chi connectivity index (χ0) is 18.5. The van der Waals surface area contributed by atoms with Gasteiger partial charge in [-0.3, -0.25) is 9.78 Å². The lowest BCUT2D eigenvalue weighted by atomic mass is 9.96. The summed E-state index contributed by atoms with van der Waals surface area (Å²) in [6.07, 6.45) is 8.65. The van der Waals surface area contributed by atoms with Gasteiger partial charge in [-0.15, -0.1) is 11.3 Å². The number of rotatable bonds is 6. The summed E-state index contributed by atoms with van der Waals surface area (Å²) in [5, 5.41) is 2.04. The van der Waals surface area contributed by atoms with Crippen LogP contribution in [0.3, 0.4) is 0 Å². The van der Waals surface area contributed by atoms with E-state index in [1.165, 1.54) is 4.88 Å². The van der Waals surface area contributed by atoms with Crippen LogP contribution >= 0.6 is 11.3 Å².